The molecule has 9 rings (SSSR count). The van der Waals surface area contributed by atoms with E-state index in [1.807, 2.05) is 30.5 Å². The first kappa shape index (κ1) is 35.9. The van der Waals surface area contributed by atoms with Gasteiger partial charge in [0.25, 0.3) is 11.5 Å². The molecule has 2 aromatic carbocycles. The molecule has 7 heterocycles. The standard InChI is InChI=1S/C42H40N8O7/c1-22-17-48(18-22)36-14-26-28(16-44-36)40(53)46(2)19-29(26)23-12-34(56-4)30(35(13-23)57-5)20-49-21-31-27(41(49)54)11-24(15-43-31)25-7-6-8-32-38(25)47(3)42(55)50(32)33-9-10-37(51)45-39(33)52/h6-8,11-16,19,22,33H,9-10,17-18,20-21H2,1-5H3,(H,45,51,52). The highest BCUT2D eigenvalue weighted by Crippen LogP contribution is 2.40. The summed E-state index contributed by atoms with van der Waals surface area (Å²) in [6, 6.07) is 12.2. The van der Waals surface area contributed by atoms with E-state index in [4.69, 9.17) is 14.5 Å². The summed E-state index contributed by atoms with van der Waals surface area (Å²) in [6.07, 6.45) is 5.51. The summed E-state index contributed by atoms with van der Waals surface area (Å²) >= 11 is 0. The first-order chi connectivity index (χ1) is 27.4. The fourth-order valence-corrected chi connectivity index (χ4v) is 8.53. The number of anilines is 1. The van der Waals surface area contributed by atoms with Gasteiger partial charge in [-0.1, -0.05) is 19.1 Å². The van der Waals surface area contributed by atoms with Gasteiger partial charge in [0.05, 0.1) is 60.5 Å². The van der Waals surface area contributed by atoms with Crippen molar-refractivity contribution in [2.75, 3.05) is 32.2 Å². The number of imidazole rings is 1. The van der Waals surface area contributed by atoms with Gasteiger partial charge in [-0.15, -0.1) is 0 Å². The number of imide groups is 1. The van der Waals surface area contributed by atoms with Crippen LogP contribution in [0.2, 0.25) is 0 Å². The Labute approximate surface area is 326 Å². The minimum Gasteiger partial charge on any atom is -0.496 e. The number of hydrogen-bond donors (Lipinski definition) is 1. The van der Waals surface area contributed by atoms with Gasteiger partial charge in [0, 0.05) is 74.3 Å². The number of amides is 3. The summed E-state index contributed by atoms with van der Waals surface area (Å²) in [7, 11) is 6.50. The maximum absolute atomic E-state index is 14.1. The van der Waals surface area contributed by atoms with Crippen molar-refractivity contribution in [1.82, 2.24) is 33.9 Å². The van der Waals surface area contributed by atoms with Crippen molar-refractivity contribution in [3.63, 3.8) is 0 Å². The largest absolute Gasteiger partial charge is 0.496 e. The van der Waals surface area contributed by atoms with Crippen LogP contribution in [0.3, 0.4) is 0 Å². The maximum Gasteiger partial charge on any atom is 0.329 e. The lowest BCUT2D eigenvalue weighted by molar-refractivity contribution is -0.135. The molecule has 3 amide bonds. The summed E-state index contributed by atoms with van der Waals surface area (Å²) < 4.78 is 16.3. The lowest BCUT2D eigenvalue weighted by Gasteiger charge is -2.38. The number of aryl methyl sites for hydroxylation is 2. The zero-order chi connectivity index (χ0) is 39.9. The Balaban J connectivity index is 1.04. The lowest BCUT2D eigenvalue weighted by Crippen LogP contribution is -2.45. The third-order valence-electron chi connectivity index (χ3n) is 11.5. The molecule has 0 radical (unpaired) electrons. The Morgan fingerprint density at radius 3 is 2.32 bits per heavy atom. The number of carbonyl (C=O) groups excluding carboxylic acids is 3. The molecule has 1 N–H and O–H groups in total. The van der Waals surface area contributed by atoms with Crippen LogP contribution in [0.15, 0.2) is 70.6 Å². The number of fused-ring (bicyclic) bond motifs is 3. The first-order valence-corrected chi connectivity index (χ1v) is 18.8. The summed E-state index contributed by atoms with van der Waals surface area (Å²) in [5.74, 6) is 1.34. The van der Waals surface area contributed by atoms with E-state index in [9.17, 15) is 24.0 Å². The van der Waals surface area contributed by atoms with Gasteiger partial charge in [0.15, 0.2) is 0 Å². The highest BCUT2D eigenvalue weighted by Gasteiger charge is 2.34. The monoisotopic (exact) mass is 768 g/mol. The van der Waals surface area contributed by atoms with Crippen LogP contribution in [-0.4, -0.2) is 73.6 Å². The third-order valence-corrected chi connectivity index (χ3v) is 11.5. The molecule has 290 valence electrons. The fraction of sp³-hybridized carbons (Fsp3) is 0.310. The first-order valence-electron chi connectivity index (χ1n) is 18.8. The molecule has 15 nitrogen and oxygen atoms in total. The molecule has 6 aromatic rings. The van der Waals surface area contributed by atoms with E-state index in [-0.39, 0.29) is 49.0 Å². The summed E-state index contributed by atoms with van der Waals surface area (Å²) in [5, 5.41) is 3.62. The molecule has 2 saturated heterocycles. The number of methoxy groups -OCH3 is 2. The van der Waals surface area contributed by atoms with E-state index in [1.165, 1.54) is 9.13 Å². The van der Waals surface area contributed by atoms with Crippen molar-refractivity contribution in [2.24, 2.45) is 20.0 Å². The van der Waals surface area contributed by atoms with E-state index in [0.717, 1.165) is 35.4 Å². The number of piperidine rings is 1. The number of nitrogens with one attached hydrogen (secondary N) is 1. The van der Waals surface area contributed by atoms with Crippen molar-refractivity contribution in [2.45, 2.75) is 38.9 Å². The number of carbonyl (C=O) groups is 3. The molecule has 3 aliphatic rings. The molecule has 1 unspecified atom stereocenters. The van der Waals surface area contributed by atoms with Crippen LogP contribution >= 0.6 is 0 Å². The molecule has 0 aliphatic carbocycles. The van der Waals surface area contributed by atoms with Crippen molar-refractivity contribution in [3.8, 4) is 33.8 Å². The predicted molar refractivity (Wildman–Crippen MR) is 212 cm³/mol. The van der Waals surface area contributed by atoms with Crippen molar-refractivity contribution < 1.29 is 23.9 Å². The van der Waals surface area contributed by atoms with Gasteiger partial charge in [-0.25, -0.2) is 9.78 Å². The van der Waals surface area contributed by atoms with Crippen LogP contribution in [0.4, 0.5) is 5.82 Å². The molecular weight excluding hydrogens is 729 g/mol. The molecule has 57 heavy (non-hydrogen) atoms. The van der Waals surface area contributed by atoms with Crippen LogP contribution in [0, 0.1) is 5.92 Å². The Hall–Kier alpha value is -6.77. The number of aromatic nitrogens is 5. The minimum absolute atomic E-state index is 0.137. The van der Waals surface area contributed by atoms with Crippen molar-refractivity contribution >= 4 is 45.3 Å². The predicted octanol–water partition coefficient (Wildman–Crippen LogP) is 3.92. The Bertz CT molecular complexity index is 2810. The van der Waals surface area contributed by atoms with Crippen LogP contribution < -0.4 is 30.9 Å². The molecule has 0 spiro atoms. The molecule has 1 atom stereocenters. The van der Waals surface area contributed by atoms with E-state index < -0.39 is 11.9 Å². The Morgan fingerprint density at radius 2 is 1.61 bits per heavy atom. The highest BCUT2D eigenvalue weighted by atomic mass is 16.5. The summed E-state index contributed by atoms with van der Waals surface area (Å²) in [4.78, 5) is 78.7. The van der Waals surface area contributed by atoms with Gasteiger partial charge >= 0.3 is 5.69 Å². The zero-order valence-electron chi connectivity index (χ0n) is 32.2. The fourth-order valence-electron chi connectivity index (χ4n) is 8.53. The van der Waals surface area contributed by atoms with E-state index in [1.54, 1.807) is 68.4 Å². The SMILES string of the molecule is COc1cc(-c2cn(C)c(=O)c3cnc(N4CC(C)C4)cc23)cc(OC)c1CN1Cc2ncc(-c3cccc4c3n(C)c(=O)n4C3CCC(=O)NC3=O)cc2C1=O. The average molecular weight is 769 g/mol. The quantitative estimate of drug-likeness (QED) is 0.225. The number of nitrogens with zero attached hydrogens (tertiary/aromatic N) is 7. The molecule has 0 saturated carbocycles. The molecule has 0 bridgehead atoms. The van der Waals surface area contributed by atoms with Crippen molar-refractivity contribution in [3.05, 3.63) is 98.7 Å². The van der Waals surface area contributed by atoms with Gasteiger partial charge in [-0.3, -0.25) is 38.6 Å². The van der Waals surface area contributed by atoms with Crippen LogP contribution in [-0.2, 0) is 36.8 Å². The Morgan fingerprint density at radius 1 is 0.860 bits per heavy atom. The molecule has 4 aromatic heterocycles. The molecule has 15 heteroatoms. The molecular formula is C42H40N8O7. The van der Waals surface area contributed by atoms with E-state index in [0.29, 0.717) is 61.8 Å². The number of rotatable bonds is 8. The highest BCUT2D eigenvalue weighted by molar-refractivity contribution is 6.02. The second-order valence-electron chi connectivity index (χ2n) is 15.1. The van der Waals surface area contributed by atoms with Gasteiger partial charge in [-0.05, 0) is 48.2 Å². The second-order valence-corrected chi connectivity index (χ2v) is 15.1. The molecule has 2 fully saturated rings. The zero-order valence-corrected chi connectivity index (χ0v) is 32.2. The average Bonchev–Trinajstić information content (AvgIpc) is 3.65. The lowest BCUT2D eigenvalue weighted by atomic mass is 9.98. The topological polar surface area (TPSA) is 163 Å². The number of para-hydroxylation sites is 1. The van der Waals surface area contributed by atoms with Gasteiger partial charge in [0.1, 0.15) is 23.4 Å². The van der Waals surface area contributed by atoms with Crippen LogP contribution in [0.25, 0.3) is 44.1 Å². The van der Waals surface area contributed by atoms with E-state index >= 15 is 0 Å². The minimum atomic E-state index is -0.824. The number of ether oxygens (including phenoxy) is 2. The van der Waals surface area contributed by atoms with Crippen molar-refractivity contribution in [1.29, 1.82) is 0 Å². The summed E-state index contributed by atoms with van der Waals surface area (Å²) in [6.45, 7) is 4.44. The van der Waals surface area contributed by atoms with E-state index in [2.05, 4.69) is 22.1 Å². The van der Waals surface area contributed by atoms with Gasteiger partial charge in [-0.2, -0.15) is 0 Å². The van der Waals surface area contributed by atoms with Crippen LogP contribution in [0.5, 0.6) is 11.5 Å². The number of benzene rings is 2. The smallest absolute Gasteiger partial charge is 0.329 e. The number of pyridine rings is 3. The summed E-state index contributed by atoms with van der Waals surface area (Å²) in [5.41, 5.74) is 5.21. The maximum atomic E-state index is 14.1. The second kappa shape index (κ2) is 13.5. The van der Waals surface area contributed by atoms with Gasteiger partial charge < -0.3 is 23.8 Å². The van der Waals surface area contributed by atoms with Crippen LogP contribution in [0.1, 0.15) is 47.4 Å². The normalized spacial score (nSPS) is 17.0. The van der Waals surface area contributed by atoms with Gasteiger partial charge in [0.2, 0.25) is 11.8 Å². The number of hydrogen-bond acceptors (Lipinski definition) is 10. The molecule has 3 aliphatic heterocycles. The Kier molecular flexibility index (Phi) is 8.48. The third kappa shape index (κ3) is 5.75.